The molecule has 5 fully saturated rings. The van der Waals surface area contributed by atoms with Crippen molar-refractivity contribution in [2.75, 3.05) is 6.61 Å². The van der Waals surface area contributed by atoms with Crippen LogP contribution >= 0.6 is 0 Å². The molecule has 0 radical (unpaired) electrons. The van der Waals surface area contributed by atoms with Crippen LogP contribution < -0.4 is 0 Å². The van der Waals surface area contributed by atoms with Crippen molar-refractivity contribution in [3.05, 3.63) is 12.2 Å². The van der Waals surface area contributed by atoms with E-state index in [0.717, 1.165) is 37.7 Å². The van der Waals surface area contributed by atoms with Gasteiger partial charge in [0.15, 0.2) is 0 Å². The van der Waals surface area contributed by atoms with Gasteiger partial charge in [0.1, 0.15) is 24.4 Å². The molecule has 2 bridgehead atoms. The van der Waals surface area contributed by atoms with Gasteiger partial charge in [0, 0.05) is 5.92 Å². The maximum Gasteiger partial charge on any atom is 0.317 e. The zero-order chi connectivity index (χ0) is 25.5. The summed E-state index contributed by atoms with van der Waals surface area (Å²) in [6.07, 6.45) is -3.87. The first-order chi connectivity index (χ1) is 16.4. The lowest BCUT2D eigenvalue weighted by Crippen LogP contribution is -2.64. The minimum Gasteiger partial charge on any atom is -0.432 e. The monoisotopic (exact) mass is 496 g/mol. The minimum absolute atomic E-state index is 0.0661. The van der Waals surface area contributed by atoms with E-state index >= 15 is 0 Å². The first kappa shape index (κ1) is 25.6. The molecule has 13 unspecified atom stereocenters. The molecule has 13 atom stereocenters. The number of rotatable bonds is 3. The molecule has 198 valence electrons. The quantitative estimate of drug-likeness (QED) is 0.238. The molecule has 5 rings (SSSR count). The van der Waals surface area contributed by atoms with E-state index in [4.69, 9.17) is 9.47 Å². The molecule has 9 heteroatoms. The van der Waals surface area contributed by atoms with E-state index in [9.17, 15) is 35.4 Å². The number of ether oxygens (including phenoxy) is 2. The Balaban J connectivity index is 1.43. The third-order valence-corrected chi connectivity index (χ3v) is 10.8. The fraction of sp³-hybridized carbons (Fsp3) is 0.885. The van der Waals surface area contributed by atoms with Crippen molar-refractivity contribution < 1.29 is 44.9 Å². The number of fused-ring (bicyclic) bond motifs is 3. The van der Waals surface area contributed by atoms with Crippen LogP contribution in [0.4, 0.5) is 0 Å². The predicted molar refractivity (Wildman–Crippen MR) is 122 cm³/mol. The van der Waals surface area contributed by atoms with E-state index in [-0.39, 0.29) is 28.6 Å². The Bertz CT molecular complexity index is 877. The summed E-state index contributed by atoms with van der Waals surface area (Å²) in [5.74, 6) is -0.620. The maximum absolute atomic E-state index is 13.7. The number of aliphatic hydroxyl groups is 6. The van der Waals surface area contributed by atoms with Gasteiger partial charge >= 0.3 is 5.97 Å². The Morgan fingerprint density at radius 3 is 2.46 bits per heavy atom. The van der Waals surface area contributed by atoms with Gasteiger partial charge < -0.3 is 40.1 Å². The lowest BCUT2D eigenvalue weighted by molar-refractivity contribution is -0.300. The molecule has 0 aromatic rings. The molecule has 1 spiro atoms. The number of aliphatic hydroxyl groups excluding tert-OH is 6. The molecule has 4 aliphatic carbocycles. The van der Waals surface area contributed by atoms with Gasteiger partial charge in [0.2, 0.25) is 6.29 Å². The Labute approximate surface area is 205 Å². The second-order valence-electron chi connectivity index (χ2n) is 12.4. The van der Waals surface area contributed by atoms with Gasteiger partial charge in [-0.2, -0.15) is 0 Å². The van der Waals surface area contributed by atoms with Crippen molar-refractivity contribution in [2.24, 2.45) is 34.0 Å². The normalized spacial score (nSPS) is 55.7. The molecule has 9 nitrogen and oxygen atoms in total. The van der Waals surface area contributed by atoms with Gasteiger partial charge in [0.05, 0.1) is 24.2 Å². The summed E-state index contributed by atoms with van der Waals surface area (Å²) in [5.41, 5.74) is -0.402. The van der Waals surface area contributed by atoms with Crippen molar-refractivity contribution in [2.45, 2.75) is 102 Å². The van der Waals surface area contributed by atoms with E-state index in [1.54, 1.807) is 6.92 Å². The summed E-state index contributed by atoms with van der Waals surface area (Å²) < 4.78 is 11.0. The number of esters is 1. The van der Waals surface area contributed by atoms with Gasteiger partial charge in [-0.25, -0.2) is 0 Å². The Kier molecular flexibility index (Phi) is 6.19. The summed E-state index contributed by atoms with van der Waals surface area (Å²) >= 11 is 0. The van der Waals surface area contributed by atoms with Crippen LogP contribution in [0.5, 0.6) is 0 Å². The van der Waals surface area contributed by atoms with Gasteiger partial charge in [-0.3, -0.25) is 4.79 Å². The molecule has 0 aromatic carbocycles. The SMILES string of the molecule is C=C1CC23CCC4C(C)(CCC(O)C4(C)C(=O)OC4OC(CO)C(O)C(O)C4O)C2CC(O)C1C3. The predicted octanol–water partition coefficient (Wildman–Crippen LogP) is 0.240. The summed E-state index contributed by atoms with van der Waals surface area (Å²) in [7, 11) is 0. The van der Waals surface area contributed by atoms with Crippen LogP contribution in [-0.4, -0.2) is 86.1 Å². The zero-order valence-electron chi connectivity index (χ0n) is 20.5. The topological polar surface area (TPSA) is 157 Å². The third kappa shape index (κ3) is 3.50. The van der Waals surface area contributed by atoms with Gasteiger partial charge in [0.25, 0.3) is 0 Å². The molecular formula is C26H40O9. The highest BCUT2D eigenvalue weighted by atomic mass is 16.7. The van der Waals surface area contributed by atoms with Gasteiger partial charge in [-0.15, -0.1) is 0 Å². The molecule has 0 amide bonds. The maximum atomic E-state index is 13.7. The number of carbonyl (C=O) groups is 1. The van der Waals surface area contributed by atoms with Crippen LogP contribution in [0.15, 0.2) is 12.2 Å². The van der Waals surface area contributed by atoms with Crippen molar-refractivity contribution in [3.8, 4) is 0 Å². The summed E-state index contributed by atoms with van der Waals surface area (Å²) in [6.45, 7) is 7.52. The largest absolute Gasteiger partial charge is 0.432 e. The molecule has 1 heterocycles. The van der Waals surface area contributed by atoms with Gasteiger partial charge in [-0.05, 0) is 74.5 Å². The van der Waals surface area contributed by atoms with E-state index in [2.05, 4.69) is 13.5 Å². The van der Waals surface area contributed by atoms with Crippen molar-refractivity contribution in [1.29, 1.82) is 0 Å². The summed E-state index contributed by atoms with van der Waals surface area (Å²) in [6, 6.07) is 0. The molecule has 1 aliphatic heterocycles. The molecule has 5 aliphatic rings. The fourth-order valence-electron chi connectivity index (χ4n) is 8.89. The van der Waals surface area contributed by atoms with E-state index in [1.165, 1.54) is 0 Å². The third-order valence-electron chi connectivity index (χ3n) is 10.8. The van der Waals surface area contributed by atoms with Gasteiger partial charge in [-0.1, -0.05) is 19.1 Å². The highest BCUT2D eigenvalue weighted by Crippen LogP contribution is 2.72. The zero-order valence-corrected chi connectivity index (χ0v) is 20.5. The molecule has 1 saturated heterocycles. The smallest absolute Gasteiger partial charge is 0.317 e. The molecule has 4 saturated carbocycles. The molecule has 0 aromatic heterocycles. The minimum atomic E-state index is -1.70. The fourth-order valence-corrected chi connectivity index (χ4v) is 8.89. The molecular weight excluding hydrogens is 456 g/mol. The summed E-state index contributed by atoms with van der Waals surface area (Å²) in [4.78, 5) is 13.7. The van der Waals surface area contributed by atoms with Crippen LogP contribution in [0.25, 0.3) is 0 Å². The Morgan fingerprint density at radius 2 is 1.77 bits per heavy atom. The highest BCUT2D eigenvalue weighted by molar-refractivity contribution is 5.78. The van der Waals surface area contributed by atoms with Crippen LogP contribution in [0.1, 0.15) is 58.8 Å². The Hall–Kier alpha value is -1.07. The van der Waals surface area contributed by atoms with Crippen LogP contribution in [0.3, 0.4) is 0 Å². The first-order valence-corrected chi connectivity index (χ1v) is 12.9. The summed E-state index contributed by atoms with van der Waals surface area (Å²) in [5, 5.41) is 62.1. The first-order valence-electron chi connectivity index (χ1n) is 12.9. The van der Waals surface area contributed by atoms with E-state index < -0.39 is 60.9 Å². The number of hydrogen-bond donors (Lipinski definition) is 6. The van der Waals surface area contributed by atoms with Crippen molar-refractivity contribution in [3.63, 3.8) is 0 Å². The van der Waals surface area contributed by atoms with Crippen LogP contribution in [-0.2, 0) is 14.3 Å². The second-order valence-corrected chi connectivity index (χ2v) is 12.4. The van der Waals surface area contributed by atoms with Crippen LogP contribution in [0, 0.1) is 34.0 Å². The highest BCUT2D eigenvalue weighted by Gasteiger charge is 2.68. The lowest BCUT2D eigenvalue weighted by atomic mass is 9.40. The second kappa shape index (κ2) is 8.48. The standard InChI is InChI=1S/C26H40O9/c1-12-9-26-7-4-16-24(2,17(26)8-14(28)13(12)10-26)6-5-18(29)25(16,3)23(33)35-22-21(32)20(31)19(30)15(11-27)34-22/h13-22,27-32H,1,4-11H2,2-3H3. The average molecular weight is 497 g/mol. The van der Waals surface area contributed by atoms with E-state index in [1.807, 2.05) is 0 Å². The molecule has 35 heavy (non-hydrogen) atoms. The molecule has 6 N–H and O–H groups in total. The van der Waals surface area contributed by atoms with E-state index in [0.29, 0.717) is 12.8 Å². The van der Waals surface area contributed by atoms with Crippen molar-refractivity contribution in [1.82, 2.24) is 0 Å². The van der Waals surface area contributed by atoms with Crippen LogP contribution in [0.2, 0.25) is 0 Å². The average Bonchev–Trinajstić information content (AvgIpc) is 3.10. The number of carbonyl (C=O) groups excluding carboxylic acids is 1. The van der Waals surface area contributed by atoms with Crippen molar-refractivity contribution >= 4 is 5.97 Å². The Morgan fingerprint density at radius 1 is 1.06 bits per heavy atom. The number of hydrogen-bond acceptors (Lipinski definition) is 9. The lowest BCUT2D eigenvalue weighted by Gasteiger charge is -2.64.